The van der Waals surface area contributed by atoms with E-state index in [1.165, 1.54) is 0 Å². The molecule has 0 fully saturated rings. The Labute approximate surface area is 139 Å². The highest BCUT2D eigenvalue weighted by Gasteiger charge is 2.15. The summed E-state index contributed by atoms with van der Waals surface area (Å²) >= 11 is 2.34. The SMILES string of the molecule is CCNc1nc(-c2cnn(CC)c2)nc(CC(C)C)c1I. The zero-order valence-corrected chi connectivity index (χ0v) is 15.2. The molecule has 0 aliphatic heterocycles. The number of nitrogens with zero attached hydrogens (tertiary/aromatic N) is 4. The quantitative estimate of drug-likeness (QED) is 0.755. The van der Waals surface area contributed by atoms with Gasteiger partial charge in [-0.1, -0.05) is 13.8 Å². The maximum atomic E-state index is 4.76. The molecular weight excluding hydrogens is 377 g/mol. The fraction of sp³-hybridized carbons (Fsp3) is 0.533. The first-order valence-corrected chi connectivity index (χ1v) is 8.46. The van der Waals surface area contributed by atoms with Gasteiger partial charge in [-0.05, 0) is 48.8 Å². The molecule has 0 amide bonds. The number of rotatable bonds is 6. The van der Waals surface area contributed by atoms with E-state index in [4.69, 9.17) is 4.98 Å². The summed E-state index contributed by atoms with van der Waals surface area (Å²) in [6, 6.07) is 0. The molecule has 5 nitrogen and oxygen atoms in total. The van der Waals surface area contributed by atoms with Crippen LogP contribution in [-0.4, -0.2) is 26.3 Å². The minimum Gasteiger partial charge on any atom is -0.369 e. The molecule has 2 rings (SSSR count). The lowest BCUT2D eigenvalue weighted by Gasteiger charge is -2.13. The number of aryl methyl sites for hydroxylation is 1. The van der Waals surface area contributed by atoms with Crippen LogP contribution < -0.4 is 5.32 Å². The van der Waals surface area contributed by atoms with E-state index in [0.29, 0.717) is 5.92 Å². The average Bonchev–Trinajstić information content (AvgIpc) is 2.91. The molecule has 2 aromatic heterocycles. The lowest BCUT2D eigenvalue weighted by molar-refractivity contribution is 0.632. The van der Waals surface area contributed by atoms with Gasteiger partial charge in [0.1, 0.15) is 5.82 Å². The standard InChI is InChI=1S/C15H22IN5/c1-5-17-15-13(16)12(7-10(3)4)19-14(20-15)11-8-18-21(6-2)9-11/h8-10H,5-7H2,1-4H3,(H,17,19,20). The van der Waals surface area contributed by atoms with Crippen LogP contribution in [-0.2, 0) is 13.0 Å². The van der Waals surface area contributed by atoms with E-state index in [2.05, 4.69) is 65.7 Å². The summed E-state index contributed by atoms with van der Waals surface area (Å²) in [6.07, 6.45) is 4.78. The second-order valence-corrected chi connectivity index (χ2v) is 6.45. The van der Waals surface area contributed by atoms with Gasteiger partial charge in [0.2, 0.25) is 0 Å². The van der Waals surface area contributed by atoms with E-state index in [0.717, 1.165) is 46.0 Å². The zero-order valence-electron chi connectivity index (χ0n) is 13.0. The van der Waals surface area contributed by atoms with Crippen LogP contribution in [0.3, 0.4) is 0 Å². The highest BCUT2D eigenvalue weighted by atomic mass is 127. The molecule has 0 aliphatic carbocycles. The third kappa shape index (κ3) is 3.93. The van der Waals surface area contributed by atoms with Crippen LogP contribution in [0, 0.1) is 9.49 Å². The number of hydrogen-bond acceptors (Lipinski definition) is 4. The molecule has 0 unspecified atom stereocenters. The molecule has 0 aliphatic rings. The highest BCUT2D eigenvalue weighted by molar-refractivity contribution is 14.1. The lowest BCUT2D eigenvalue weighted by Crippen LogP contribution is -2.09. The molecule has 0 saturated heterocycles. The molecule has 0 atom stereocenters. The van der Waals surface area contributed by atoms with Gasteiger partial charge in [0.05, 0.1) is 21.0 Å². The van der Waals surface area contributed by atoms with Crippen molar-refractivity contribution in [2.75, 3.05) is 11.9 Å². The first-order valence-electron chi connectivity index (χ1n) is 7.38. The number of nitrogens with one attached hydrogen (secondary N) is 1. The predicted molar refractivity (Wildman–Crippen MR) is 94.3 cm³/mol. The van der Waals surface area contributed by atoms with Gasteiger partial charge in [0, 0.05) is 19.3 Å². The summed E-state index contributed by atoms with van der Waals surface area (Å²) < 4.78 is 3.01. The van der Waals surface area contributed by atoms with Gasteiger partial charge in [0.25, 0.3) is 0 Å². The third-order valence-corrected chi connectivity index (χ3v) is 4.21. The van der Waals surface area contributed by atoms with Crippen molar-refractivity contribution in [1.82, 2.24) is 19.7 Å². The Morgan fingerprint density at radius 2 is 2.05 bits per heavy atom. The Morgan fingerprint density at radius 3 is 2.62 bits per heavy atom. The van der Waals surface area contributed by atoms with E-state index < -0.39 is 0 Å². The van der Waals surface area contributed by atoms with Crippen molar-refractivity contribution in [2.45, 2.75) is 40.7 Å². The molecule has 0 radical (unpaired) electrons. The average molecular weight is 399 g/mol. The molecule has 0 aromatic carbocycles. The van der Waals surface area contributed by atoms with Gasteiger partial charge < -0.3 is 5.32 Å². The Balaban J connectivity index is 2.47. The summed E-state index contributed by atoms with van der Waals surface area (Å²) in [6.45, 7) is 10.3. The Morgan fingerprint density at radius 1 is 1.29 bits per heavy atom. The first kappa shape index (κ1) is 16.2. The number of hydrogen-bond donors (Lipinski definition) is 1. The molecule has 21 heavy (non-hydrogen) atoms. The molecule has 2 heterocycles. The van der Waals surface area contributed by atoms with Crippen molar-refractivity contribution in [3.63, 3.8) is 0 Å². The normalized spacial score (nSPS) is 11.1. The molecule has 6 heteroatoms. The minimum atomic E-state index is 0.564. The van der Waals surface area contributed by atoms with Crippen molar-refractivity contribution >= 4 is 28.4 Å². The zero-order chi connectivity index (χ0) is 15.4. The van der Waals surface area contributed by atoms with Crippen molar-refractivity contribution in [1.29, 1.82) is 0 Å². The van der Waals surface area contributed by atoms with Crippen LogP contribution in [0.5, 0.6) is 0 Å². The first-order chi connectivity index (χ1) is 10.0. The van der Waals surface area contributed by atoms with Gasteiger partial charge in [0.15, 0.2) is 5.82 Å². The van der Waals surface area contributed by atoms with Gasteiger partial charge in [-0.25, -0.2) is 9.97 Å². The van der Waals surface area contributed by atoms with Crippen molar-refractivity contribution in [2.24, 2.45) is 5.92 Å². The second kappa shape index (κ2) is 7.20. The largest absolute Gasteiger partial charge is 0.369 e. The predicted octanol–water partition coefficient (Wildman–Crippen LogP) is 3.59. The molecule has 114 valence electrons. The lowest BCUT2D eigenvalue weighted by atomic mass is 10.1. The monoisotopic (exact) mass is 399 g/mol. The molecule has 0 spiro atoms. The number of anilines is 1. The minimum absolute atomic E-state index is 0.564. The van der Waals surface area contributed by atoms with Crippen LogP contribution >= 0.6 is 22.6 Å². The molecule has 2 aromatic rings. The van der Waals surface area contributed by atoms with Gasteiger partial charge in [-0.3, -0.25) is 4.68 Å². The second-order valence-electron chi connectivity index (χ2n) is 5.37. The smallest absolute Gasteiger partial charge is 0.165 e. The van der Waals surface area contributed by atoms with Gasteiger partial charge in [-0.15, -0.1) is 0 Å². The molecule has 0 saturated carbocycles. The summed E-state index contributed by atoms with van der Waals surface area (Å²) in [5, 5.41) is 7.65. The van der Waals surface area contributed by atoms with Crippen LogP contribution in [0.25, 0.3) is 11.4 Å². The van der Waals surface area contributed by atoms with Crippen LogP contribution in [0.1, 0.15) is 33.4 Å². The summed E-state index contributed by atoms with van der Waals surface area (Å²) in [4.78, 5) is 9.43. The Kier molecular flexibility index (Phi) is 5.55. The van der Waals surface area contributed by atoms with E-state index in [9.17, 15) is 0 Å². The molecule has 0 bridgehead atoms. The van der Waals surface area contributed by atoms with E-state index in [1.54, 1.807) is 0 Å². The van der Waals surface area contributed by atoms with Crippen LogP contribution in [0.2, 0.25) is 0 Å². The molecule has 1 N–H and O–H groups in total. The summed E-state index contributed by atoms with van der Waals surface area (Å²) in [5.74, 6) is 2.24. The van der Waals surface area contributed by atoms with Crippen molar-refractivity contribution in [3.8, 4) is 11.4 Å². The Hall–Kier alpha value is -1.18. The van der Waals surface area contributed by atoms with Crippen molar-refractivity contribution < 1.29 is 0 Å². The maximum Gasteiger partial charge on any atom is 0.165 e. The van der Waals surface area contributed by atoms with Crippen molar-refractivity contribution in [3.05, 3.63) is 21.7 Å². The molecular formula is C15H22IN5. The van der Waals surface area contributed by atoms with E-state index in [1.807, 2.05) is 17.1 Å². The Bertz CT molecular complexity index is 606. The van der Waals surface area contributed by atoms with Crippen LogP contribution in [0.4, 0.5) is 5.82 Å². The van der Waals surface area contributed by atoms with Gasteiger partial charge in [-0.2, -0.15) is 5.10 Å². The fourth-order valence-corrected chi connectivity index (χ4v) is 2.73. The number of halogens is 1. The summed E-state index contributed by atoms with van der Waals surface area (Å²) in [5.41, 5.74) is 2.08. The topological polar surface area (TPSA) is 55.6 Å². The number of aromatic nitrogens is 4. The third-order valence-electron chi connectivity index (χ3n) is 3.08. The van der Waals surface area contributed by atoms with Gasteiger partial charge >= 0.3 is 0 Å². The summed E-state index contributed by atoms with van der Waals surface area (Å²) in [7, 11) is 0. The highest BCUT2D eigenvalue weighted by Crippen LogP contribution is 2.25. The maximum absolute atomic E-state index is 4.76. The van der Waals surface area contributed by atoms with E-state index in [-0.39, 0.29) is 0 Å². The van der Waals surface area contributed by atoms with E-state index >= 15 is 0 Å². The fourth-order valence-electron chi connectivity index (χ4n) is 2.08. The van der Waals surface area contributed by atoms with Crippen LogP contribution in [0.15, 0.2) is 12.4 Å².